The number of nitrogens with zero attached hydrogens (tertiary/aromatic N) is 1. The predicted molar refractivity (Wildman–Crippen MR) is 77.0 cm³/mol. The standard InChI is InChI=1S/C15H28N2O2/c1-11(18)12(16-6)8-7-9-17-13(19)15(17,5)10-14(2,3)4/h12,16H,7-10H2,1-6H3. The zero-order valence-electron chi connectivity index (χ0n) is 13.2. The Hall–Kier alpha value is -0.900. The van der Waals surface area contributed by atoms with Crippen LogP contribution in [0.2, 0.25) is 0 Å². The lowest BCUT2D eigenvalue weighted by Crippen LogP contribution is -2.32. The maximum Gasteiger partial charge on any atom is 0.249 e. The molecule has 1 amide bonds. The van der Waals surface area contributed by atoms with Gasteiger partial charge in [0.2, 0.25) is 5.91 Å². The van der Waals surface area contributed by atoms with E-state index in [1.165, 1.54) is 0 Å². The summed E-state index contributed by atoms with van der Waals surface area (Å²) in [5.41, 5.74) is -0.115. The Morgan fingerprint density at radius 3 is 2.42 bits per heavy atom. The Balaban J connectivity index is 2.40. The highest BCUT2D eigenvalue weighted by atomic mass is 16.2. The maximum absolute atomic E-state index is 11.9. The fourth-order valence-electron chi connectivity index (χ4n) is 2.96. The Bertz CT molecular complexity index is 360. The number of carbonyl (C=O) groups is 2. The third-order valence-electron chi connectivity index (χ3n) is 3.84. The molecule has 1 N–H and O–H groups in total. The van der Waals surface area contributed by atoms with E-state index >= 15 is 0 Å². The fourth-order valence-corrected chi connectivity index (χ4v) is 2.96. The van der Waals surface area contributed by atoms with Gasteiger partial charge in [0.05, 0.1) is 6.04 Å². The molecule has 0 saturated carbocycles. The van der Waals surface area contributed by atoms with Gasteiger partial charge in [0, 0.05) is 6.54 Å². The first-order chi connectivity index (χ1) is 8.62. The average molecular weight is 268 g/mol. The number of Topliss-reactive ketones (excluding diaryl/α,β-unsaturated/α-hetero) is 1. The van der Waals surface area contributed by atoms with Crippen molar-refractivity contribution < 1.29 is 9.59 Å². The number of ketones is 1. The van der Waals surface area contributed by atoms with E-state index in [1.807, 2.05) is 11.8 Å². The molecule has 1 rings (SSSR count). The summed E-state index contributed by atoms with van der Waals surface area (Å²) >= 11 is 0. The number of nitrogens with one attached hydrogen (secondary N) is 1. The summed E-state index contributed by atoms with van der Waals surface area (Å²) in [5.74, 6) is 0.420. The summed E-state index contributed by atoms with van der Waals surface area (Å²) < 4.78 is 0. The van der Waals surface area contributed by atoms with Gasteiger partial charge < -0.3 is 10.2 Å². The largest absolute Gasteiger partial charge is 0.326 e. The lowest BCUT2D eigenvalue weighted by atomic mass is 9.85. The molecule has 4 heteroatoms. The third-order valence-corrected chi connectivity index (χ3v) is 3.84. The van der Waals surface area contributed by atoms with Gasteiger partial charge >= 0.3 is 0 Å². The Kier molecular flexibility index (Phi) is 4.77. The average Bonchev–Trinajstić information content (AvgIpc) is 2.72. The molecule has 0 aromatic carbocycles. The van der Waals surface area contributed by atoms with Crippen LogP contribution < -0.4 is 5.32 Å². The molecule has 1 aliphatic rings. The number of hydrogen-bond acceptors (Lipinski definition) is 3. The monoisotopic (exact) mass is 268 g/mol. The van der Waals surface area contributed by atoms with Gasteiger partial charge in [-0.1, -0.05) is 20.8 Å². The van der Waals surface area contributed by atoms with E-state index in [1.54, 1.807) is 14.0 Å². The zero-order chi connectivity index (χ0) is 14.8. The summed E-state index contributed by atoms with van der Waals surface area (Å²) in [6, 6.07) is -0.0797. The molecule has 19 heavy (non-hydrogen) atoms. The van der Waals surface area contributed by atoms with E-state index in [0.29, 0.717) is 0 Å². The van der Waals surface area contributed by atoms with Gasteiger partial charge in [-0.25, -0.2) is 0 Å². The summed E-state index contributed by atoms with van der Waals surface area (Å²) in [6.45, 7) is 10.9. The zero-order valence-corrected chi connectivity index (χ0v) is 13.2. The first-order valence-electron chi connectivity index (χ1n) is 7.11. The fraction of sp³-hybridized carbons (Fsp3) is 0.867. The molecule has 1 saturated heterocycles. The summed E-state index contributed by atoms with van der Waals surface area (Å²) in [5, 5.41) is 3.01. The molecular weight excluding hydrogens is 240 g/mol. The van der Waals surface area contributed by atoms with Crippen molar-refractivity contribution in [2.75, 3.05) is 13.6 Å². The normalized spacial score (nSPS) is 24.5. The maximum atomic E-state index is 11.9. The van der Waals surface area contributed by atoms with Gasteiger partial charge in [0.1, 0.15) is 11.3 Å². The molecule has 0 aromatic heterocycles. The van der Waals surface area contributed by atoms with Crippen molar-refractivity contribution in [3.63, 3.8) is 0 Å². The topological polar surface area (TPSA) is 49.2 Å². The quantitative estimate of drug-likeness (QED) is 0.718. The molecule has 2 unspecified atom stereocenters. The first-order valence-corrected chi connectivity index (χ1v) is 7.11. The molecule has 2 atom stereocenters. The minimum absolute atomic E-state index is 0.0797. The number of hydrogen-bond donors (Lipinski definition) is 1. The van der Waals surface area contributed by atoms with Crippen LogP contribution >= 0.6 is 0 Å². The molecule has 0 spiro atoms. The van der Waals surface area contributed by atoms with Crippen molar-refractivity contribution in [1.29, 1.82) is 0 Å². The third kappa shape index (κ3) is 4.03. The second kappa shape index (κ2) is 5.61. The van der Waals surface area contributed by atoms with Crippen LogP contribution in [0.25, 0.3) is 0 Å². The molecule has 4 nitrogen and oxygen atoms in total. The van der Waals surface area contributed by atoms with Crippen molar-refractivity contribution in [2.45, 2.75) is 65.5 Å². The number of rotatable bonds is 7. The lowest BCUT2D eigenvalue weighted by molar-refractivity contribution is -0.119. The summed E-state index contributed by atoms with van der Waals surface area (Å²) in [7, 11) is 1.80. The van der Waals surface area contributed by atoms with Crippen molar-refractivity contribution in [3.05, 3.63) is 0 Å². The Labute approximate surface area is 116 Å². The number of carbonyl (C=O) groups excluding carboxylic acids is 2. The molecule has 110 valence electrons. The molecule has 0 bridgehead atoms. The SMILES string of the molecule is CNC(CCCN1C(=O)C1(C)CC(C)(C)C)C(C)=O. The van der Waals surface area contributed by atoms with Gasteiger partial charge in [0.25, 0.3) is 0 Å². The van der Waals surface area contributed by atoms with Crippen LogP contribution in [0.4, 0.5) is 0 Å². The van der Waals surface area contributed by atoms with Crippen LogP contribution in [0.1, 0.15) is 53.9 Å². The second-order valence-corrected chi connectivity index (χ2v) is 7.06. The number of likely N-dealkylation sites (N-methyl/N-ethyl adjacent to an activating group) is 1. The van der Waals surface area contributed by atoms with Gasteiger partial charge in [-0.2, -0.15) is 0 Å². The van der Waals surface area contributed by atoms with Crippen molar-refractivity contribution in [1.82, 2.24) is 10.2 Å². The molecule has 1 aliphatic heterocycles. The molecule has 0 radical (unpaired) electrons. The number of amides is 1. The van der Waals surface area contributed by atoms with Gasteiger partial charge in [-0.05, 0) is 45.6 Å². The van der Waals surface area contributed by atoms with Crippen molar-refractivity contribution >= 4 is 11.7 Å². The van der Waals surface area contributed by atoms with Crippen LogP contribution in [-0.2, 0) is 9.59 Å². The van der Waals surface area contributed by atoms with Crippen molar-refractivity contribution in [2.24, 2.45) is 5.41 Å². The highest BCUT2D eigenvalue weighted by Crippen LogP contribution is 2.43. The van der Waals surface area contributed by atoms with Gasteiger partial charge in [-0.15, -0.1) is 0 Å². The van der Waals surface area contributed by atoms with Crippen LogP contribution in [0.15, 0.2) is 0 Å². The van der Waals surface area contributed by atoms with Crippen LogP contribution in [-0.4, -0.2) is 41.8 Å². The van der Waals surface area contributed by atoms with Crippen LogP contribution in [0.5, 0.6) is 0 Å². The first kappa shape index (κ1) is 16.2. The van der Waals surface area contributed by atoms with E-state index in [4.69, 9.17) is 0 Å². The smallest absolute Gasteiger partial charge is 0.249 e. The van der Waals surface area contributed by atoms with Crippen molar-refractivity contribution in [3.8, 4) is 0 Å². The van der Waals surface area contributed by atoms with Gasteiger partial charge in [-0.3, -0.25) is 9.59 Å². The summed E-state index contributed by atoms with van der Waals surface area (Å²) in [4.78, 5) is 25.2. The molecule has 1 fully saturated rings. The van der Waals surface area contributed by atoms with Crippen LogP contribution in [0.3, 0.4) is 0 Å². The van der Waals surface area contributed by atoms with Gasteiger partial charge in [0.15, 0.2) is 0 Å². The minimum atomic E-state index is -0.274. The minimum Gasteiger partial charge on any atom is -0.326 e. The Morgan fingerprint density at radius 1 is 1.42 bits per heavy atom. The molecule has 1 heterocycles. The second-order valence-electron chi connectivity index (χ2n) is 7.06. The van der Waals surface area contributed by atoms with E-state index in [2.05, 4.69) is 26.1 Å². The van der Waals surface area contributed by atoms with E-state index in [9.17, 15) is 9.59 Å². The molecule has 0 aliphatic carbocycles. The highest BCUT2D eigenvalue weighted by Gasteiger charge is 2.58. The lowest BCUT2D eigenvalue weighted by Gasteiger charge is -2.22. The van der Waals surface area contributed by atoms with E-state index < -0.39 is 0 Å². The van der Waals surface area contributed by atoms with E-state index in [-0.39, 0.29) is 28.7 Å². The highest BCUT2D eigenvalue weighted by molar-refractivity contribution is 6.01. The Morgan fingerprint density at radius 2 is 2.00 bits per heavy atom. The molecule has 0 aromatic rings. The molecular formula is C15H28N2O2. The summed E-state index contributed by atoms with van der Waals surface area (Å²) in [6.07, 6.45) is 2.55. The van der Waals surface area contributed by atoms with Crippen LogP contribution in [0, 0.1) is 5.41 Å². The predicted octanol–water partition coefficient (Wildman–Crippen LogP) is 1.98. The van der Waals surface area contributed by atoms with E-state index in [0.717, 1.165) is 25.8 Å².